The molecule has 0 aromatic heterocycles. The second kappa shape index (κ2) is 7.22. The van der Waals surface area contributed by atoms with Gasteiger partial charge in [-0.2, -0.15) is 0 Å². The highest BCUT2D eigenvalue weighted by Crippen LogP contribution is 2.20. The summed E-state index contributed by atoms with van der Waals surface area (Å²) in [6.07, 6.45) is 3.10. The number of nitrogens with one attached hydrogen (secondary N) is 1. The number of carbonyl (C=O) groups is 1. The smallest absolute Gasteiger partial charge is 0.323 e. The third kappa shape index (κ3) is 4.75. The summed E-state index contributed by atoms with van der Waals surface area (Å²) in [5.74, 6) is -0.752. The number of hydrogen-bond acceptors (Lipinski definition) is 4. The van der Waals surface area contributed by atoms with E-state index in [0.717, 1.165) is 19.6 Å². The normalized spacial score (nSPS) is 23.7. The van der Waals surface area contributed by atoms with E-state index < -0.39 is 11.5 Å². The van der Waals surface area contributed by atoms with E-state index in [-0.39, 0.29) is 0 Å². The summed E-state index contributed by atoms with van der Waals surface area (Å²) < 4.78 is 0. The van der Waals surface area contributed by atoms with E-state index in [1.165, 1.54) is 12.8 Å². The van der Waals surface area contributed by atoms with Gasteiger partial charge in [0.15, 0.2) is 0 Å². The molecule has 2 unspecified atom stereocenters. The topological polar surface area (TPSA) is 55.8 Å². The summed E-state index contributed by atoms with van der Waals surface area (Å²) >= 11 is 0. The molecule has 1 rings (SSSR count). The number of likely N-dealkylation sites (N-methyl/N-ethyl adjacent to an activating group) is 2. The Bertz CT molecular complexity index is 296. The molecule has 112 valence electrons. The van der Waals surface area contributed by atoms with Gasteiger partial charge in [-0.15, -0.1) is 0 Å². The molecule has 0 aromatic rings. The fourth-order valence-electron chi connectivity index (χ4n) is 2.85. The van der Waals surface area contributed by atoms with Crippen molar-refractivity contribution in [1.82, 2.24) is 15.1 Å². The number of aliphatic carboxylic acids is 1. The Morgan fingerprint density at radius 3 is 2.74 bits per heavy atom. The fraction of sp³-hybridized carbons (Fsp3) is 0.929. The number of hydrogen-bond donors (Lipinski definition) is 2. The van der Waals surface area contributed by atoms with Crippen LogP contribution in [0.5, 0.6) is 0 Å². The third-order valence-corrected chi connectivity index (χ3v) is 4.01. The molecule has 19 heavy (non-hydrogen) atoms. The van der Waals surface area contributed by atoms with Crippen LogP contribution in [0, 0.1) is 0 Å². The molecule has 0 bridgehead atoms. The SMILES string of the molecule is CCNC(C)(CCN1CCCC1CN(C)C)C(=O)O. The van der Waals surface area contributed by atoms with Gasteiger partial charge in [0.05, 0.1) is 0 Å². The Kier molecular flexibility index (Phi) is 6.23. The molecule has 0 spiro atoms. The van der Waals surface area contributed by atoms with Crippen molar-refractivity contribution in [3.8, 4) is 0 Å². The van der Waals surface area contributed by atoms with Gasteiger partial charge in [0.25, 0.3) is 0 Å². The molecule has 1 aliphatic rings. The molecule has 5 nitrogen and oxygen atoms in total. The highest BCUT2D eigenvalue weighted by atomic mass is 16.4. The van der Waals surface area contributed by atoms with Crippen LogP contribution >= 0.6 is 0 Å². The van der Waals surface area contributed by atoms with Crippen LogP contribution in [0.3, 0.4) is 0 Å². The average Bonchev–Trinajstić information content (AvgIpc) is 2.73. The molecule has 2 atom stereocenters. The summed E-state index contributed by atoms with van der Waals surface area (Å²) in [6.45, 7) is 7.44. The van der Waals surface area contributed by atoms with Crippen LogP contribution < -0.4 is 5.32 Å². The van der Waals surface area contributed by atoms with Crippen molar-refractivity contribution >= 4 is 5.97 Å². The fourth-order valence-corrected chi connectivity index (χ4v) is 2.85. The second-order valence-corrected chi connectivity index (χ2v) is 6.01. The first kappa shape index (κ1) is 16.4. The van der Waals surface area contributed by atoms with Gasteiger partial charge in [-0.05, 0) is 53.4 Å². The Morgan fingerprint density at radius 2 is 2.21 bits per heavy atom. The van der Waals surface area contributed by atoms with Crippen LogP contribution in [0.4, 0.5) is 0 Å². The third-order valence-electron chi connectivity index (χ3n) is 4.01. The number of nitrogens with zero attached hydrogens (tertiary/aromatic N) is 2. The number of carboxylic acid groups (broad SMARTS) is 1. The van der Waals surface area contributed by atoms with Gasteiger partial charge < -0.3 is 15.3 Å². The van der Waals surface area contributed by atoms with Crippen molar-refractivity contribution in [2.45, 2.75) is 44.7 Å². The van der Waals surface area contributed by atoms with E-state index in [4.69, 9.17) is 0 Å². The molecule has 1 fully saturated rings. The van der Waals surface area contributed by atoms with Gasteiger partial charge in [-0.25, -0.2) is 0 Å². The van der Waals surface area contributed by atoms with Crippen LogP contribution in [-0.2, 0) is 4.79 Å². The van der Waals surface area contributed by atoms with Crippen LogP contribution in [0.25, 0.3) is 0 Å². The first-order chi connectivity index (χ1) is 8.89. The summed E-state index contributed by atoms with van der Waals surface area (Å²) in [7, 11) is 4.19. The van der Waals surface area contributed by atoms with Crippen LogP contribution in [0.15, 0.2) is 0 Å². The Morgan fingerprint density at radius 1 is 1.53 bits per heavy atom. The van der Waals surface area contributed by atoms with Crippen molar-refractivity contribution in [2.24, 2.45) is 0 Å². The summed E-state index contributed by atoms with van der Waals surface area (Å²) in [6, 6.07) is 0.578. The van der Waals surface area contributed by atoms with Gasteiger partial charge in [0.1, 0.15) is 5.54 Å². The van der Waals surface area contributed by atoms with Crippen molar-refractivity contribution in [1.29, 1.82) is 0 Å². The summed E-state index contributed by atoms with van der Waals surface area (Å²) in [5, 5.41) is 12.5. The molecule has 0 radical (unpaired) electrons. The average molecular weight is 271 g/mol. The van der Waals surface area contributed by atoms with Crippen molar-refractivity contribution in [2.75, 3.05) is 40.3 Å². The first-order valence-corrected chi connectivity index (χ1v) is 7.26. The predicted molar refractivity (Wildman–Crippen MR) is 77.5 cm³/mol. The molecule has 1 saturated heterocycles. The van der Waals surface area contributed by atoms with Gasteiger partial charge in [-0.1, -0.05) is 6.92 Å². The first-order valence-electron chi connectivity index (χ1n) is 7.26. The molecule has 0 aromatic carbocycles. The molecule has 5 heteroatoms. The second-order valence-electron chi connectivity index (χ2n) is 6.01. The van der Waals surface area contributed by atoms with E-state index in [1.54, 1.807) is 6.92 Å². The Balaban J connectivity index is 2.51. The summed E-state index contributed by atoms with van der Waals surface area (Å²) in [4.78, 5) is 16.0. The Hall–Kier alpha value is -0.650. The highest BCUT2D eigenvalue weighted by Gasteiger charge is 2.34. The van der Waals surface area contributed by atoms with Crippen molar-refractivity contribution < 1.29 is 9.90 Å². The zero-order valence-electron chi connectivity index (χ0n) is 12.8. The molecule has 1 aliphatic heterocycles. The van der Waals surface area contributed by atoms with E-state index >= 15 is 0 Å². The summed E-state index contributed by atoms with van der Waals surface area (Å²) in [5.41, 5.74) is -0.806. The van der Waals surface area contributed by atoms with Gasteiger partial charge in [0, 0.05) is 19.1 Å². The van der Waals surface area contributed by atoms with Gasteiger partial charge >= 0.3 is 5.97 Å². The van der Waals surface area contributed by atoms with Crippen LogP contribution in [-0.4, -0.2) is 72.7 Å². The van der Waals surface area contributed by atoms with Gasteiger partial charge in [-0.3, -0.25) is 9.69 Å². The number of rotatable bonds is 8. The monoisotopic (exact) mass is 271 g/mol. The Labute approximate surface area is 117 Å². The molecule has 0 aliphatic carbocycles. The van der Waals surface area contributed by atoms with Crippen molar-refractivity contribution in [3.05, 3.63) is 0 Å². The van der Waals surface area contributed by atoms with Crippen LogP contribution in [0.1, 0.15) is 33.1 Å². The van der Waals surface area contributed by atoms with E-state index in [1.807, 2.05) is 6.92 Å². The maximum Gasteiger partial charge on any atom is 0.323 e. The van der Waals surface area contributed by atoms with E-state index in [9.17, 15) is 9.90 Å². The lowest BCUT2D eigenvalue weighted by molar-refractivity contribution is -0.144. The minimum Gasteiger partial charge on any atom is -0.480 e. The maximum absolute atomic E-state index is 11.4. The van der Waals surface area contributed by atoms with E-state index in [2.05, 4.69) is 29.2 Å². The quantitative estimate of drug-likeness (QED) is 0.685. The predicted octanol–water partition coefficient (Wildman–Crippen LogP) is 0.855. The molecule has 0 saturated carbocycles. The minimum absolute atomic E-state index is 0.578. The molecule has 0 amide bonds. The standard InChI is InChI=1S/C14H29N3O2/c1-5-15-14(2,13(18)19)8-10-17-9-6-7-12(17)11-16(3)4/h12,15H,5-11H2,1-4H3,(H,18,19). The maximum atomic E-state index is 11.4. The molecule has 1 heterocycles. The van der Waals surface area contributed by atoms with E-state index in [0.29, 0.717) is 19.0 Å². The largest absolute Gasteiger partial charge is 0.480 e. The number of likely N-dealkylation sites (tertiary alicyclic amines) is 1. The minimum atomic E-state index is -0.806. The molecule has 2 N–H and O–H groups in total. The van der Waals surface area contributed by atoms with Gasteiger partial charge in [0.2, 0.25) is 0 Å². The molecular weight excluding hydrogens is 242 g/mol. The number of carboxylic acids is 1. The zero-order chi connectivity index (χ0) is 14.5. The van der Waals surface area contributed by atoms with Crippen LogP contribution in [0.2, 0.25) is 0 Å². The highest BCUT2D eigenvalue weighted by molar-refractivity contribution is 5.78. The lowest BCUT2D eigenvalue weighted by Gasteiger charge is -2.31. The zero-order valence-corrected chi connectivity index (χ0v) is 12.8. The van der Waals surface area contributed by atoms with Crippen molar-refractivity contribution in [3.63, 3.8) is 0 Å². The molecular formula is C14H29N3O2. The lowest BCUT2D eigenvalue weighted by Crippen LogP contribution is -2.52. The lowest BCUT2D eigenvalue weighted by atomic mass is 9.97.